The Kier molecular flexibility index (Phi) is 1.68. The molecule has 0 spiro atoms. The zero-order chi connectivity index (χ0) is 9.47. The molecule has 2 heterocycles. The third-order valence-electron chi connectivity index (χ3n) is 3.06. The van der Waals surface area contributed by atoms with Crippen LogP contribution in [-0.4, -0.2) is 12.5 Å². The number of hydrogen-bond donors (Lipinski definition) is 1. The molecule has 1 aliphatic heterocycles. The maximum absolute atomic E-state index is 11.3. The molecule has 0 bridgehead atoms. The lowest BCUT2D eigenvalue weighted by Gasteiger charge is -2.23. The average molecular weight is 179 g/mol. The molecule has 2 unspecified atom stereocenters. The molecule has 2 rings (SSSR count). The molecule has 2 atom stereocenters. The minimum Gasteiger partial charge on any atom is -0.469 e. The van der Waals surface area contributed by atoms with Crippen LogP contribution in [0.2, 0.25) is 0 Å². The zero-order valence-corrected chi connectivity index (χ0v) is 7.83. The van der Waals surface area contributed by atoms with E-state index in [2.05, 4.69) is 12.2 Å². The SMILES string of the molecule is CC1C(=O)NCC1(C)c1ccco1. The Morgan fingerprint density at radius 3 is 2.92 bits per heavy atom. The molecule has 0 aliphatic carbocycles. The van der Waals surface area contributed by atoms with Crippen LogP contribution in [0.25, 0.3) is 0 Å². The Balaban J connectivity index is 2.37. The largest absolute Gasteiger partial charge is 0.469 e. The fraction of sp³-hybridized carbons (Fsp3) is 0.500. The van der Waals surface area contributed by atoms with E-state index in [0.717, 1.165) is 5.76 Å². The van der Waals surface area contributed by atoms with E-state index >= 15 is 0 Å². The quantitative estimate of drug-likeness (QED) is 0.706. The van der Waals surface area contributed by atoms with E-state index in [1.165, 1.54) is 0 Å². The Bertz CT molecular complexity index is 318. The maximum atomic E-state index is 11.3. The summed E-state index contributed by atoms with van der Waals surface area (Å²) in [5.41, 5.74) is -0.180. The van der Waals surface area contributed by atoms with Gasteiger partial charge in [-0.25, -0.2) is 0 Å². The summed E-state index contributed by atoms with van der Waals surface area (Å²) in [6.45, 7) is 4.65. The van der Waals surface area contributed by atoms with Gasteiger partial charge in [-0.15, -0.1) is 0 Å². The predicted octanol–water partition coefficient (Wildman–Crippen LogP) is 1.30. The van der Waals surface area contributed by atoms with Crippen LogP contribution in [0.1, 0.15) is 19.6 Å². The molecule has 3 nitrogen and oxygen atoms in total. The highest BCUT2D eigenvalue weighted by Crippen LogP contribution is 2.35. The van der Waals surface area contributed by atoms with Gasteiger partial charge in [0.15, 0.2) is 0 Å². The van der Waals surface area contributed by atoms with Crippen molar-refractivity contribution in [2.24, 2.45) is 5.92 Å². The van der Waals surface area contributed by atoms with E-state index in [1.807, 2.05) is 19.1 Å². The van der Waals surface area contributed by atoms with Crippen molar-refractivity contribution in [1.82, 2.24) is 5.32 Å². The van der Waals surface area contributed by atoms with Gasteiger partial charge in [0.2, 0.25) is 5.91 Å². The molecule has 1 aliphatic rings. The molecular weight excluding hydrogens is 166 g/mol. The van der Waals surface area contributed by atoms with Gasteiger partial charge in [-0.2, -0.15) is 0 Å². The molecule has 0 aromatic carbocycles. The standard InChI is InChI=1S/C10H13NO2/c1-7-9(12)11-6-10(7,2)8-4-3-5-13-8/h3-5,7H,6H2,1-2H3,(H,11,12). The van der Waals surface area contributed by atoms with Crippen molar-refractivity contribution in [3.63, 3.8) is 0 Å². The predicted molar refractivity (Wildman–Crippen MR) is 48.2 cm³/mol. The first-order chi connectivity index (χ1) is 6.14. The van der Waals surface area contributed by atoms with Crippen LogP contribution in [-0.2, 0) is 10.2 Å². The molecular formula is C10H13NO2. The number of carbonyl (C=O) groups is 1. The smallest absolute Gasteiger partial charge is 0.223 e. The lowest BCUT2D eigenvalue weighted by atomic mass is 9.79. The number of furan rings is 1. The Hall–Kier alpha value is -1.25. The number of nitrogens with one attached hydrogen (secondary N) is 1. The molecule has 1 saturated heterocycles. The first kappa shape index (κ1) is 8.35. The highest BCUT2D eigenvalue weighted by atomic mass is 16.3. The summed E-state index contributed by atoms with van der Waals surface area (Å²) < 4.78 is 5.35. The van der Waals surface area contributed by atoms with Gasteiger partial charge >= 0.3 is 0 Å². The van der Waals surface area contributed by atoms with Crippen molar-refractivity contribution in [2.45, 2.75) is 19.3 Å². The summed E-state index contributed by atoms with van der Waals surface area (Å²) in [6.07, 6.45) is 1.65. The Morgan fingerprint density at radius 1 is 1.69 bits per heavy atom. The third kappa shape index (κ3) is 1.07. The van der Waals surface area contributed by atoms with E-state index in [0.29, 0.717) is 6.54 Å². The van der Waals surface area contributed by atoms with Gasteiger partial charge in [-0.1, -0.05) is 13.8 Å². The van der Waals surface area contributed by atoms with Gasteiger partial charge in [0, 0.05) is 12.5 Å². The summed E-state index contributed by atoms with van der Waals surface area (Å²) in [4.78, 5) is 11.3. The molecule has 0 radical (unpaired) electrons. The van der Waals surface area contributed by atoms with Crippen LogP contribution in [0.15, 0.2) is 22.8 Å². The zero-order valence-electron chi connectivity index (χ0n) is 7.83. The van der Waals surface area contributed by atoms with Crippen molar-refractivity contribution in [1.29, 1.82) is 0 Å². The molecule has 0 saturated carbocycles. The second kappa shape index (κ2) is 2.62. The average Bonchev–Trinajstić information content (AvgIpc) is 2.71. The Morgan fingerprint density at radius 2 is 2.46 bits per heavy atom. The van der Waals surface area contributed by atoms with Crippen molar-refractivity contribution in [3.8, 4) is 0 Å². The van der Waals surface area contributed by atoms with Crippen LogP contribution in [0.4, 0.5) is 0 Å². The van der Waals surface area contributed by atoms with Crippen LogP contribution in [0, 0.1) is 5.92 Å². The lowest BCUT2D eigenvalue weighted by Crippen LogP contribution is -2.29. The van der Waals surface area contributed by atoms with Crippen molar-refractivity contribution in [2.75, 3.05) is 6.54 Å². The summed E-state index contributed by atoms with van der Waals surface area (Å²) in [5.74, 6) is 0.982. The summed E-state index contributed by atoms with van der Waals surface area (Å²) in [5, 5.41) is 2.85. The van der Waals surface area contributed by atoms with Crippen LogP contribution < -0.4 is 5.32 Å². The minimum absolute atomic E-state index is 0.0151. The monoisotopic (exact) mass is 179 g/mol. The topological polar surface area (TPSA) is 42.2 Å². The van der Waals surface area contributed by atoms with E-state index in [9.17, 15) is 4.79 Å². The molecule has 13 heavy (non-hydrogen) atoms. The van der Waals surface area contributed by atoms with Gasteiger partial charge in [0.05, 0.1) is 11.7 Å². The minimum atomic E-state index is -0.180. The molecule has 3 heteroatoms. The molecule has 70 valence electrons. The maximum Gasteiger partial charge on any atom is 0.223 e. The third-order valence-corrected chi connectivity index (χ3v) is 3.06. The summed E-state index contributed by atoms with van der Waals surface area (Å²) in [7, 11) is 0. The highest BCUT2D eigenvalue weighted by molar-refractivity contribution is 5.82. The van der Waals surface area contributed by atoms with Crippen LogP contribution >= 0.6 is 0 Å². The van der Waals surface area contributed by atoms with Gasteiger partial charge < -0.3 is 9.73 Å². The number of rotatable bonds is 1. The van der Waals surface area contributed by atoms with Crippen LogP contribution in [0.5, 0.6) is 0 Å². The first-order valence-corrected chi connectivity index (χ1v) is 4.46. The fourth-order valence-electron chi connectivity index (χ4n) is 1.77. The van der Waals surface area contributed by atoms with Gasteiger partial charge in [-0.3, -0.25) is 4.79 Å². The molecule has 1 amide bonds. The first-order valence-electron chi connectivity index (χ1n) is 4.46. The van der Waals surface area contributed by atoms with E-state index in [4.69, 9.17) is 4.42 Å². The Labute approximate surface area is 77.1 Å². The fourth-order valence-corrected chi connectivity index (χ4v) is 1.77. The molecule has 1 fully saturated rings. The lowest BCUT2D eigenvalue weighted by molar-refractivity contribution is -0.122. The second-order valence-electron chi connectivity index (χ2n) is 3.83. The normalized spacial score (nSPS) is 33.4. The molecule has 1 aromatic rings. The van der Waals surface area contributed by atoms with Gasteiger partial charge in [0.25, 0.3) is 0 Å². The van der Waals surface area contributed by atoms with Crippen molar-refractivity contribution >= 4 is 5.91 Å². The van der Waals surface area contributed by atoms with Crippen LogP contribution in [0.3, 0.4) is 0 Å². The highest BCUT2D eigenvalue weighted by Gasteiger charge is 2.44. The van der Waals surface area contributed by atoms with E-state index < -0.39 is 0 Å². The van der Waals surface area contributed by atoms with Gasteiger partial charge in [0.1, 0.15) is 5.76 Å². The van der Waals surface area contributed by atoms with Crippen molar-refractivity contribution in [3.05, 3.63) is 24.2 Å². The number of amides is 1. The molecule has 1 aromatic heterocycles. The number of hydrogen-bond acceptors (Lipinski definition) is 2. The van der Waals surface area contributed by atoms with E-state index in [-0.39, 0.29) is 17.2 Å². The van der Waals surface area contributed by atoms with Crippen molar-refractivity contribution < 1.29 is 9.21 Å². The second-order valence-corrected chi connectivity index (χ2v) is 3.83. The number of carbonyl (C=O) groups excluding carboxylic acids is 1. The molecule has 1 N–H and O–H groups in total. The van der Waals surface area contributed by atoms with Gasteiger partial charge in [-0.05, 0) is 12.1 Å². The van der Waals surface area contributed by atoms with E-state index in [1.54, 1.807) is 6.26 Å². The summed E-state index contributed by atoms with van der Waals surface area (Å²) >= 11 is 0. The summed E-state index contributed by atoms with van der Waals surface area (Å²) in [6, 6.07) is 3.78.